The Kier molecular flexibility index (Phi) is 8.24. The molecule has 0 radical (unpaired) electrons. The first-order valence-electron chi connectivity index (χ1n) is 12.0. The van der Waals surface area contributed by atoms with E-state index >= 15 is 0 Å². The highest BCUT2D eigenvalue weighted by molar-refractivity contribution is 7.89. The number of halogens is 1. The number of hydrogen-bond donors (Lipinski definition) is 0. The van der Waals surface area contributed by atoms with Gasteiger partial charge in [0, 0.05) is 31.7 Å². The minimum Gasteiger partial charge on any atom is -0.207 e. The summed E-state index contributed by atoms with van der Waals surface area (Å²) in [5.74, 6) is -0.488. The van der Waals surface area contributed by atoms with Gasteiger partial charge in [-0.2, -0.15) is 8.61 Å². The van der Waals surface area contributed by atoms with E-state index in [4.69, 9.17) is 0 Å². The van der Waals surface area contributed by atoms with Gasteiger partial charge in [-0.25, -0.2) is 21.2 Å². The summed E-state index contributed by atoms with van der Waals surface area (Å²) < 4.78 is 70.6. The molecular weight excluding hydrogens is 499 g/mol. The summed E-state index contributed by atoms with van der Waals surface area (Å²) in [6.45, 7) is -0.115. The minimum absolute atomic E-state index is 0.0436. The first kappa shape index (κ1) is 26.5. The Balaban J connectivity index is 1.62. The summed E-state index contributed by atoms with van der Waals surface area (Å²) in [7, 11) is -6.22. The van der Waals surface area contributed by atoms with Crippen LogP contribution in [-0.4, -0.2) is 38.5 Å². The molecule has 192 valence electrons. The molecule has 0 bridgehead atoms. The van der Waals surface area contributed by atoms with E-state index in [1.165, 1.54) is 38.9 Å². The topological polar surface area (TPSA) is 74.8 Å². The molecular formula is C27H31FN2O4S2. The molecule has 0 saturated heterocycles. The van der Waals surface area contributed by atoms with E-state index < -0.39 is 25.9 Å². The fraction of sp³-hybridized carbons (Fsp3) is 0.333. The van der Waals surface area contributed by atoms with Crippen LogP contribution in [0.2, 0.25) is 0 Å². The van der Waals surface area contributed by atoms with Gasteiger partial charge in [0.25, 0.3) is 0 Å². The van der Waals surface area contributed by atoms with Crippen molar-refractivity contribution in [2.75, 3.05) is 7.05 Å². The Morgan fingerprint density at radius 1 is 0.722 bits per heavy atom. The summed E-state index contributed by atoms with van der Waals surface area (Å²) in [4.78, 5) is 0.00674. The zero-order valence-corrected chi connectivity index (χ0v) is 21.9. The smallest absolute Gasteiger partial charge is 0.207 e. The number of nitrogens with zero attached hydrogens (tertiary/aromatic N) is 2. The Morgan fingerprint density at radius 2 is 1.28 bits per heavy atom. The lowest BCUT2D eigenvalue weighted by Crippen LogP contribution is -2.38. The summed E-state index contributed by atoms with van der Waals surface area (Å²) in [6.07, 6.45) is 4.77. The van der Waals surface area contributed by atoms with Crippen LogP contribution in [0.3, 0.4) is 0 Å². The van der Waals surface area contributed by atoms with Crippen LogP contribution in [0.1, 0.15) is 43.2 Å². The van der Waals surface area contributed by atoms with Crippen LogP contribution < -0.4 is 0 Å². The largest absolute Gasteiger partial charge is 0.243 e. The van der Waals surface area contributed by atoms with Crippen molar-refractivity contribution in [3.63, 3.8) is 0 Å². The summed E-state index contributed by atoms with van der Waals surface area (Å²) in [5.41, 5.74) is 1.01. The molecule has 0 aromatic heterocycles. The molecule has 0 amide bonds. The van der Waals surface area contributed by atoms with Crippen molar-refractivity contribution >= 4 is 20.0 Å². The van der Waals surface area contributed by atoms with Crippen molar-refractivity contribution < 1.29 is 21.2 Å². The van der Waals surface area contributed by atoms with Gasteiger partial charge in [0.2, 0.25) is 20.0 Å². The average molecular weight is 531 g/mol. The maximum atomic E-state index is 14.4. The Morgan fingerprint density at radius 3 is 1.89 bits per heavy atom. The monoisotopic (exact) mass is 530 g/mol. The van der Waals surface area contributed by atoms with Crippen LogP contribution in [0.4, 0.5) is 4.39 Å². The molecule has 1 saturated carbocycles. The standard InChI is InChI=1S/C27H31FN2O4S2/c1-29(24-13-6-3-7-14-24)35(31,32)25-16-18-26(19-17-25)36(33,34)30(20-22-10-4-2-5-11-22)21-23-12-8-9-15-27(23)28/h2,4-5,8-12,15-19,24H,3,6-7,13-14,20-21H2,1H3. The molecule has 6 nitrogen and oxygen atoms in total. The van der Waals surface area contributed by atoms with Crippen LogP contribution in [0, 0.1) is 5.82 Å². The van der Waals surface area contributed by atoms with Crippen LogP contribution in [0.5, 0.6) is 0 Å². The van der Waals surface area contributed by atoms with Gasteiger partial charge in [0.05, 0.1) is 9.79 Å². The highest BCUT2D eigenvalue weighted by Crippen LogP contribution is 2.28. The number of rotatable bonds is 9. The van der Waals surface area contributed by atoms with Gasteiger partial charge < -0.3 is 0 Å². The van der Waals surface area contributed by atoms with Crippen molar-refractivity contribution in [3.05, 3.63) is 95.8 Å². The third-order valence-corrected chi connectivity index (χ3v) is 10.5. The van der Waals surface area contributed by atoms with Gasteiger partial charge in [-0.1, -0.05) is 67.8 Å². The fourth-order valence-corrected chi connectivity index (χ4v) is 7.39. The van der Waals surface area contributed by atoms with Crippen molar-refractivity contribution in [2.45, 2.75) is 61.0 Å². The van der Waals surface area contributed by atoms with Crippen LogP contribution in [0.25, 0.3) is 0 Å². The van der Waals surface area contributed by atoms with Gasteiger partial charge >= 0.3 is 0 Å². The molecule has 0 heterocycles. The van der Waals surface area contributed by atoms with Crippen molar-refractivity contribution in [2.24, 2.45) is 0 Å². The molecule has 3 aromatic rings. The Bertz CT molecular complexity index is 1370. The van der Waals surface area contributed by atoms with Crippen LogP contribution >= 0.6 is 0 Å². The lowest BCUT2D eigenvalue weighted by Gasteiger charge is -2.30. The third-order valence-electron chi connectivity index (χ3n) is 6.73. The van der Waals surface area contributed by atoms with Gasteiger partial charge in [0.1, 0.15) is 5.82 Å². The molecule has 0 unspecified atom stereocenters. The fourth-order valence-electron chi connectivity index (χ4n) is 4.57. The molecule has 0 N–H and O–H groups in total. The average Bonchev–Trinajstić information content (AvgIpc) is 2.90. The number of benzene rings is 3. The lowest BCUT2D eigenvalue weighted by atomic mass is 9.96. The highest BCUT2D eigenvalue weighted by Gasteiger charge is 2.30. The summed E-state index contributed by atoms with van der Waals surface area (Å²) >= 11 is 0. The second-order valence-corrected chi connectivity index (χ2v) is 13.1. The van der Waals surface area contributed by atoms with E-state index in [1.54, 1.807) is 37.4 Å². The molecule has 0 atom stereocenters. The molecule has 1 aliphatic carbocycles. The predicted octanol–water partition coefficient (Wildman–Crippen LogP) is 5.17. The Labute approximate surface area is 213 Å². The van der Waals surface area contributed by atoms with Gasteiger partial charge in [0.15, 0.2) is 0 Å². The van der Waals surface area contributed by atoms with E-state index in [1.807, 2.05) is 18.2 Å². The molecule has 1 aliphatic rings. The molecule has 0 spiro atoms. The summed E-state index contributed by atoms with van der Waals surface area (Å²) in [6, 6.07) is 20.4. The van der Waals surface area contributed by atoms with E-state index in [9.17, 15) is 21.2 Å². The number of hydrogen-bond acceptors (Lipinski definition) is 4. The molecule has 9 heteroatoms. The zero-order chi connectivity index (χ0) is 25.8. The molecule has 36 heavy (non-hydrogen) atoms. The first-order chi connectivity index (χ1) is 17.2. The van der Waals surface area contributed by atoms with Crippen LogP contribution in [-0.2, 0) is 33.1 Å². The van der Waals surface area contributed by atoms with E-state index in [-0.39, 0.29) is 34.5 Å². The van der Waals surface area contributed by atoms with Crippen molar-refractivity contribution in [1.82, 2.24) is 8.61 Å². The molecule has 4 rings (SSSR count). The summed E-state index contributed by atoms with van der Waals surface area (Å²) in [5, 5.41) is 0. The van der Waals surface area contributed by atoms with Gasteiger partial charge in [-0.05, 0) is 48.7 Å². The minimum atomic E-state index is -4.06. The van der Waals surface area contributed by atoms with Gasteiger partial charge in [-0.3, -0.25) is 0 Å². The van der Waals surface area contributed by atoms with E-state index in [0.717, 1.165) is 37.7 Å². The SMILES string of the molecule is CN(C1CCCCC1)S(=O)(=O)c1ccc(S(=O)(=O)N(Cc2ccccc2)Cc2ccccc2F)cc1. The molecule has 0 aliphatic heterocycles. The predicted molar refractivity (Wildman–Crippen MR) is 138 cm³/mol. The molecule has 3 aromatic carbocycles. The third kappa shape index (κ3) is 5.86. The second-order valence-electron chi connectivity index (χ2n) is 9.13. The van der Waals surface area contributed by atoms with Crippen LogP contribution in [0.15, 0.2) is 88.7 Å². The quantitative estimate of drug-likeness (QED) is 0.383. The lowest BCUT2D eigenvalue weighted by molar-refractivity contribution is 0.286. The maximum absolute atomic E-state index is 14.4. The van der Waals surface area contributed by atoms with Gasteiger partial charge in [-0.15, -0.1) is 0 Å². The first-order valence-corrected chi connectivity index (χ1v) is 14.9. The van der Waals surface area contributed by atoms with E-state index in [0.29, 0.717) is 0 Å². The maximum Gasteiger partial charge on any atom is 0.243 e. The number of sulfonamides is 2. The Hall–Kier alpha value is -2.59. The highest BCUT2D eigenvalue weighted by atomic mass is 32.2. The van der Waals surface area contributed by atoms with Crippen molar-refractivity contribution in [3.8, 4) is 0 Å². The normalized spacial score (nSPS) is 15.4. The van der Waals surface area contributed by atoms with Crippen molar-refractivity contribution in [1.29, 1.82) is 0 Å². The van der Waals surface area contributed by atoms with E-state index in [2.05, 4.69) is 0 Å². The second kappa shape index (κ2) is 11.2. The molecule has 1 fully saturated rings. The zero-order valence-electron chi connectivity index (χ0n) is 20.3.